The molecule has 0 aliphatic heterocycles. The topological polar surface area (TPSA) is 29.5 Å². The molecule has 0 heterocycles. The molecule has 0 unspecified atom stereocenters. The Hall–Kier alpha value is -3.11. The lowest BCUT2D eigenvalue weighted by atomic mass is 10.1. The van der Waals surface area contributed by atoms with E-state index in [9.17, 15) is 4.79 Å². The monoisotopic (exact) mass is 445 g/mol. The number of carbonyl (C=O) groups is 1. The number of amides is 1. The van der Waals surface area contributed by atoms with Crippen LogP contribution in [0.25, 0.3) is 10.8 Å². The van der Waals surface area contributed by atoms with Crippen LogP contribution < -0.4 is 9.64 Å². The molecule has 0 radical (unpaired) electrons. The minimum atomic E-state index is -0.0572. The predicted octanol–water partition coefficient (Wildman–Crippen LogP) is 6.33. The van der Waals surface area contributed by atoms with Gasteiger partial charge in [-0.15, -0.1) is 0 Å². The van der Waals surface area contributed by atoms with Gasteiger partial charge in [-0.25, -0.2) is 0 Å². The summed E-state index contributed by atoms with van der Waals surface area (Å²) in [5.74, 6) is 0.735. The van der Waals surface area contributed by atoms with Crippen LogP contribution in [-0.4, -0.2) is 19.1 Å². The second-order valence-corrected chi connectivity index (χ2v) is 7.58. The highest BCUT2D eigenvalue weighted by Gasteiger charge is 2.18. The average Bonchev–Trinajstić information content (AvgIpc) is 2.77. The number of hydrogen-bond acceptors (Lipinski definition) is 2. The van der Waals surface area contributed by atoms with E-state index < -0.39 is 0 Å². The molecule has 4 aromatic rings. The van der Waals surface area contributed by atoms with Crippen LogP contribution in [0.2, 0.25) is 0 Å². The Labute approximate surface area is 178 Å². The van der Waals surface area contributed by atoms with Gasteiger partial charge in [-0.1, -0.05) is 70.5 Å². The molecule has 0 saturated carbocycles. The van der Waals surface area contributed by atoms with E-state index in [1.165, 1.54) is 0 Å². The van der Waals surface area contributed by atoms with E-state index in [4.69, 9.17) is 4.74 Å². The SMILES string of the molecule is O=C(c1cccc(Br)c1)N(CCOc1ccccc1)c1ccc2ccccc2c1. The van der Waals surface area contributed by atoms with Gasteiger partial charge in [-0.3, -0.25) is 4.79 Å². The van der Waals surface area contributed by atoms with Gasteiger partial charge in [-0.05, 0) is 53.2 Å². The Bertz CT molecular complexity index is 1130. The van der Waals surface area contributed by atoms with Crippen LogP contribution in [0.1, 0.15) is 10.4 Å². The largest absolute Gasteiger partial charge is 0.492 e. The van der Waals surface area contributed by atoms with Crippen molar-refractivity contribution in [1.29, 1.82) is 0 Å². The summed E-state index contributed by atoms with van der Waals surface area (Å²) in [4.78, 5) is 15.1. The molecule has 0 aliphatic carbocycles. The minimum absolute atomic E-state index is 0.0572. The second kappa shape index (κ2) is 8.93. The molecule has 0 aromatic heterocycles. The summed E-state index contributed by atoms with van der Waals surface area (Å²) in [6, 6.07) is 31.3. The predicted molar refractivity (Wildman–Crippen MR) is 122 cm³/mol. The van der Waals surface area contributed by atoms with Gasteiger partial charge in [0.25, 0.3) is 5.91 Å². The molecule has 0 N–H and O–H groups in total. The van der Waals surface area contributed by atoms with Crippen molar-refractivity contribution >= 4 is 38.3 Å². The molecule has 0 spiro atoms. The van der Waals surface area contributed by atoms with Crippen LogP contribution in [0, 0.1) is 0 Å². The third-order valence-corrected chi connectivity index (χ3v) is 5.18. The third kappa shape index (κ3) is 4.66. The number of anilines is 1. The van der Waals surface area contributed by atoms with E-state index >= 15 is 0 Å². The van der Waals surface area contributed by atoms with Gasteiger partial charge < -0.3 is 9.64 Å². The summed E-state index contributed by atoms with van der Waals surface area (Å²) in [6.07, 6.45) is 0. The summed E-state index contributed by atoms with van der Waals surface area (Å²) < 4.78 is 6.73. The van der Waals surface area contributed by atoms with Gasteiger partial charge >= 0.3 is 0 Å². The van der Waals surface area contributed by atoms with Crippen LogP contribution in [0.5, 0.6) is 5.75 Å². The standard InChI is InChI=1S/C25H20BrNO2/c26-22-10-6-9-21(17-22)25(28)27(15-16-29-24-11-2-1-3-12-24)23-14-13-19-7-4-5-8-20(19)18-23/h1-14,17-18H,15-16H2. The maximum absolute atomic E-state index is 13.3. The molecule has 0 bridgehead atoms. The fraction of sp³-hybridized carbons (Fsp3) is 0.0800. The van der Waals surface area contributed by atoms with Crippen molar-refractivity contribution in [2.45, 2.75) is 0 Å². The van der Waals surface area contributed by atoms with Gasteiger partial charge in [0, 0.05) is 15.7 Å². The highest BCUT2D eigenvalue weighted by Crippen LogP contribution is 2.24. The summed E-state index contributed by atoms with van der Waals surface area (Å²) >= 11 is 3.46. The molecule has 0 fully saturated rings. The van der Waals surface area contributed by atoms with Crippen molar-refractivity contribution < 1.29 is 9.53 Å². The van der Waals surface area contributed by atoms with Gasteiger partial charge in [0.15, 0.2) is 0 Å². The highest BCUT2D eigenvalue weighted by molar-refractivity contribution is 9.10. The van der Waals surface area contributed by atoms with Crippen molar-refractivity contribution in [2.24, 2.45) is 0 Å². The number of hydrogen-bond donors (Lipinski definition) is 0. The molecule has 4 rings (SSSR count). The normalized spacial score (nSPS) is 10.7. The Morgan fingerprint density at radius 2 is 1.55 bits per heavy atom. The molecule has 3 nitrogen and oxygen atoms in total. The number of para-hydroxylation sites is 1. The van der Waals surface area contributed by atoms with Crippen molar-refractivity contribution in [3.63, 3.8) is 0 Å². The number of nitrogens with zero attached hydrogens (tertiary/aromatic N) is 1. The second-order valence-electron chi connectivity index (χ2n) is 6.66. The van der Waals surface area contributed by atoms with Gasteiger partial charge in [0.2, 0.25) is 0 Å². The number of ether oxygens (including phenoxy) is 1. The molecule has 144 valence electrons. The molecular formula is C25H20BrNO2. The van der Waals surface area contributed by atoms with Crippen LogP contribution in [0.15, 0.2) is 102 Å². The first-order valence-electron chi connectivity index (χ1n) is 9.45. The summed E-state index contributed by atoms with van der Waals surface area (Å²) in [6.45, 7) is 0.842. The van der Waals surface area contributed by atoms with Crippen molar-refractivity contribution in [1.82, 2.24) is 0 Å². The fourth-order valence-electron chi connectivity index (χ4n) is 3.24. The first-order chi connectivity index (χ1) is 14.2. The number of carbonyl (C=O) groups excluding carboxylic acids is 1. The maximum Gasteiger partial charge on any atom is 0.258 e. The maximum atomic E-state index is 13.3. The lowest BCUT2D eigenvalue weighted by Gasteiger charge is -2.24. The minimum Gasteiger partial charge on any atom is -0.492 e. The van der Waals surface area contributed by atoms with Crippen molar-refractivity contribution in [3.05, 3.63) is 107 Å². The molecular weight excluding hydrogens is 426 g/mol. The smallest absolute Gasteiger partial charge is 0.258 e. The Morgan fingerprint density at radius 3 is 2.34 bits per heavy atom. The van der Waals surface area contributed by atoms with Crippen molar-refractivity contribution in [2.75, 3.05) is 18.1 Å². The number of fused-ring (bicyclic) bond motifs is 1. The first-order valence-corrected chi connectivity index (χ1v) is 10.2. The van der Waals surface area contributed by atoms with Crippen LogP contribution in [0.3, 0.4) is 0 Å². The van der Waals surface area contributed by atoms with E-state index in [0.717, 1.165) is 26.7 Å². The third-order valence-electron chi connectivity index (χ3n) is 4.69. The van der Waals surface area contributed by atoms with Gasteiger partial charge in [0.05, 0.1) is 6.54 Å². The number of halogens is 1. The molecule has 1 amide bonds. The zero-order chi connectivity index (χ0) is 20.1. The van der Waals surface area contributed by atoms with Gasteiger partial charge in [-0.2, -0.15) is 0 Å². The van der Waals surface area contributed by atoms with Crippen LogP contribution >= 0.6 is 15.9 Å². The fourth-order valence-corrected chi connectivity index (χ4v) is 3.64. The van der Waals surface area contributed by atoms with E-state index in [1.807, 2.05) is 84.9 Å². The van der Waals surface area contributed by atoms with Gasteiger partial charge in [0.1, 0.15) is 12.4 Å². The summed E-state index contributed by atoms with van der Waals surface area (Å²) in [7, 11) is 0. The number of benzene rings is 4. The lowest BCUT2D eigenvalue weighted by Crippen LogP contribution is -2.34. The molecule has 4 aromatic carbocycles. The first kappa shape index (κ1) is 19.2. The number of rotatable bonds is 6. The molecule has 0 saturated heterocycles. The van der Waals surface area contributed by atoms with E-state index in [0.29, 0.717) is 18.7 Å². The zero-order valence-corrected chi connectivity index (χ0v) is 17.4. The molecule has 29 heavy (non-hydrogen) atoms. The quantitative estimate of drug-likeness (QED) is 0.347. The summed E-state index contributed by atoms with van der Waals surface area (Å²) in [5, 5.41) is 2.24. The van der Waals surface area contributed by atoms with E-state index in [-0.39, 0.29) is 5.91 Å². The average molecular weight is 446 g/mol. The molecule has 0 atom stereocenters. The van der Waals surface area contributed by atoms with E-state index in [1.54, 1.807) is 4.90 Å². The van der Waals surface area contributed by atoms with Crippen molar-refractivity contribution in [3.8, 4) is 5.75 Å². The Morgan fingerprint density at radius 1 is 0.793 bits per heavy atom. The van der Waals surface area contributed by atoms with E-state index in [2.05, 4.69) is 28.1 Å². The van der Waals surface area contributed by atoms with Crippen LogP contribution in [0.4, 0.5) is 5.69 Å². The highest BCUT2D eigenvalue weighted by atomic mass is 79.9. The van der Waals surface area contributed by atoms with Crippen LogP contribution in [-0.2, 0) is 0 Å². The summed E-state index contributed by atoms with van der Waals surface area (Å²) in [5.41, 5.74) is 1.48. The molecule has 4 heteroatoms. The zero-order valence-electron chi connectivity index (χ0n) is 15.8. The lowest BCUT2D eigenvalue weighted by molar-refractivity contribution is 0.0982. The Kier molecular flexibility index (Phi) is 5.92. The Balaban J connectivity index is 1.62. The molecule has 0 aliphatic rings.